The van der Waals surface area contributed by atoms with Gasteiger partial charge >= 0.3 is 12.1 Å². The van der Waals surface area contributed by atoms with Crippen molar-refractivity contribution in [2.75, 3.05) is 0 Å². The molecule has 0 radical (unpaired) electrons. The van der Waals surface area contributed by atoms with E-state index >= 15 is 0 Å². The SMILES string of the molecule is CC(C)n1ncnc1COC(=O)c1cn(C)nc1C(F)(F)F. The van der Waals surface area contributed by atoms with Crippen LogP contribution >= 0.6 is 0 Å². The summed E-state index contributed by atoms with van der Waals surface area (Å²) in [6, 6.07) is -0.0136. The van der Waals surface area contributed by atoms with Crippen molar-refractivity contribution in [2.24, 2.45) is 7.05 Å². The number of halogens is 3. The topological polar surface area (TPSA) is 74.8 Å². The number of carbonyl (C=O) groups excluding carboxylic acids is 1. The molecule has 2 rings (SSSR count). The van der Waals surface area contributed by atoms with Gasteiger partial charge in [-0.05, 0) is 13.8 Å². The lowest BCUT2D eigenvalue weighted by Gasteiger charge is -2.10. The van der Waals surface area contributed by atoms with Crippen LogP contribution in [0.3, 0.4) is 0 Å². The molecule has 0 spiro atoms. The van der Waals surface area contributed by atoms with E-state index in [1.807, 2.05) is 13.8 Å². The maximum atomic E-state index is 12.8. The first kappa shape index (κ1) is 16.0. The zero-order chi connectivity index (χ0) is 16.5. The van der Waals surface area contributed by atoms with E-state index in [1.165, 1.54) is 18.1 Å². The molecule has 0 saturated carbocycles. The summed E-state index contributed by atoms with van der Waals surface area (Å²) < 4.78 is 45.7. The number of rotatable bonds is 4. The molecule has 2 aromatic heterocycles. The van der Waals surface area contributed by atoms with Gasteiger partial charge in [-0.25, -0.2) is 14.5 Å². The fraction of sp³-hybridized carbons (Fsp3) is 0.500. The van der Waals surface area contributed by atoms with Crippen LogP contribution in [-0.2, 0) is 24.6 Å². The van der Waals surface area contributed by atoms with E-state index in [2.05, 4.69) is 15.2 Å². The number of aromatic nitrogens is 5. The van der Waals surface area contributed by atoms with Crippen LogP contribution in [0.1, 0.15) is 41.8 Å². The van der Waals surface area contributed by atoms with Gasteiger partial charge in [-0.15, -0.1) is 0 Å². The Labute approximate surface area is 123 Å². The highest BCUT2D eigenvalue weighted by molar-refractivity contribution is 5.90. The summed E-state index contributed by atoms with van der Waals surface area (Å²) in [5, 5.41) is 7.20. The second-order valence-electron chi connectivity index (χ2n) is 4.85. The molecule has 22 heavy (non-hydrogen) atoms. The molecular weight excluding hydrogens is 303 g/mol. The summed E-state index contributed by atoms with van der Waals surface area (Å²) in [5.41, 5.74) is -1.91. The van der Waals surface area contributed by atoms with Gasteiger partial charge < -0.3 is 4.74 Å². The first-order chi connectivity index (χ1) is 10.2. The third-order valence-corrected chi connectivity index (χ3v) is 2.79. The lowest BCUT2D eigenvalue weighted by Crippen LogP contribution is -2.16. The minimum Gasteiger partial charge on any atom is -0.454 e. The summed E-state index contributed by atoms with van der Waals surface area (Å²) in [6.07, 6.45) is -2.47. The number of ether oxygens (including phenoxy) is 1. The van der Waals surface area contributed by atoms with E-state index < -0.39 is 23.4 Å². The maximum Gasteiger partial charge on any atom is 0.436 e. The van der Waals surface area contributed by atoms with Crippen molar-refractivity contribution in [2.45, 2.75) is 32.7 Å². The number of esters is 1. The molecule has 2 aromatic rings. The summed E-state index contributed by atoms with van der Waals surface area (Å²) in [7, 11) is 1.29. The summed E-state index contributed by atoms with van der Waals surface area (Å²) in [5.74, 6) is -0.764. The van der Waals surface area contributed by atoms with E-state index in [9.17, 15) is 18.0 Å². The Bertz CT molecular complexity index is 675. The highest BCUT2D eigenvalue weighted by Gasteiger charge is 2.39. The first-order valence-electron chi connectivity index (χ1n) is 6.36. The van der Waals surface area contributed by atoms with Crippen LogP contribution in [0.15, 0.2) is 12.5 Å². The number of hydrogen-bond acceptors (Lipinski definition) is 5. The average molecular weight is 317 g/mol. The van der Waals surface area contributed by atoms with Crippen LogP contribution in [0.25, 0.3) is 0 Å². The molecule has 0 unspecified atom stereocenters. The van der Waals surface area contributed by atoms with Crippen LogP contribution < -0.4 is 0 Å². The van der Waals surface area contributed by atoms with Crippen LogP contribution in [0.4, 0.5) is 13.2 Å². The molecular formula is C12H14F3N5O2. The van der Waals surface area contributed by atoms with Crippen molar-refractivity contribution >= 4 is 5.97 Å². The minimum atomic E-state index is -4.73. The predicted molar refractivity (Wildman–Crippen MR) is 67.7 cm³/mol. The molecule has 10 heteroatoms. The molecule has 0 saturated heterocycles. The lowest BCUT2D eigenvalue weighted by atomic mass is 10.2. The van der Waals surface area contributed by atoms with Crippen molar-refractivity contribution in [3.8, 4) is 0 Å². The van der Waals surface area contributed by atoms with Crippen LogP contribution in [0, 0.1) is 0 Å². The van der Waals surface area contributed by atoms with Gasteiger partial charge in [0.1, 0.15) is 11.9 Å². The Morgan fingerprint density at radius 1 is 1.41 bits per heavy atom. The molecule has 0 aromatic carbocycles. The molecule has 0 aliphatic carbocycles. The zero-order valence-corrected chi connectivity index (χ0v) is 12.1. The second kappa shape index (κ2) is 5.78. The number of nitrogens with zero attached hydrogens (tertiary/aromatic N) is 5. The van der Waals surface area contributed by atoms with Crippen molar-refractivity contribution in [3.05, 3.63) is 29.6 Å². The lowest BCUT2D eigenvalue weighted by molar-refractivity contribution is -0.142. The normalized spacial score (nSPS) is 12.0. The minimum absolute atomic E-state index is 0.0136. The van der Waals surface area contributed by atoms with E-state index in [-0.39, 0.29) is 12.6 Å². The van der Waals surface area contributed by atoms with Crippen molar-refractivity contribution in [3.63, 3.8) is 0 Å². The number of alkyl halides is 3. The van der Waals surface area contributed by atoms with Gasteiger partial charge in [-0.1, -0.05) is 0 Å². The van der Waals surface area contributed by atoms with E-state index in [0.717, 1.165) is 10.9 Å². The van der Waals surface area contributed by atoms with E-state index in [0.29, 0.717) is 5.82 Å². The van der Waals surface area contributed by atoms with Gasteiger partial charge in [0, 0.05) is 19.3 Å². The number of hydrogen-bond donors (Lipinski definition) is 0. The third-order valence-electron chi connectivity index (χ3n) is 2.79. The summed E-state index contributed by atoms with van der Waals surface area (Å²) >= 11 is 0. The fourth-order valence-corrected chi connectivity index (χ4v) is 1.86. The van der Waals surface area contributed by atoms with Crippen molar-refractivity contribution in [1.82, 2.24) is 24.5 Å². The zero-order valence-electron chi connectivity index (χ0n) is 12.1. The van der Waals surface area contributed by atoms with E-state index in [1.54, 1.807) is 0 Å². The molecule has 0 fully saturated rings. The maximum absolute atomic E-state index is 12.8. The second-order valence-corrected chi connectivity index (χ2v) is 4.85. The third kappa shape index (κ3) is 3.26. The van der Waals surface area contributed by atoms with Gasteiger partial charge in [-0.3, -0.25) is 4.68 Å². The van der Waals surface area contributed by atoms with Gasteiger partial charge in [0.2, 0.25) is 0 Å². The first-order valence-corrected chi connectivity index (χ1v) is 6.36. The van der Waals surface area contributed by atoms with Gasteiger partial charge in [0.25, 0.3) is 0 Å². The smallest absolute Gasteiger partial charge is 0.436 e. The van der Waals surface area contributed by atoms with Crippen LogP contribution in [0.2, 0.25) is 0 Å². The molecule has 120 valence electrons. The molecule has 0 aliphatic rings. The predicted octanol–water partition coefficient (Wildman–Crippen LogP) is 1.97. The Hall–Kier alpha value is -2.39. The molecule has 0 amide bonds. The van der Waals surface area contributed by atoms with Gasteiger partial charge in [0.05, 0.1) is 0 Å². The largest absolute Gasteiger partial charge is 0.454 e. The molecule has 0 atom stereocenters. The standard InChI is InChI=1S/C12H14F3N5O2/c1-7(2)20-9(16-6-17-20)5-22-11(21)8-4-19(3)18-10(8)12(13,14)15/h4,6-7H,5H2,1-3H3. The Morgan fingerprint density at radius 3 is 2.68 bits per heavy atom. The van der Waals surface area contributed by atoms with Gasteiger partial charge in [-0.2, -0.15) is 23.4 Å². The van der Waals surface area contributed by atoms with Gasteiger partial charge in [0.15, 0.2) is 18.1 Å². The quantitative estimate of drug-likeness (QED) is 0.806. The molecule has 0 aliphatic heterocycles. The Balaban J connectivity index is 2.15. The molecule has 2 heterocycles. The highest BCUT2D eigenvalue weighted by Crippen LogP contribution is 2.30. The van der Waals surface area contributed by atoms with Crippen molar-refractivity contribution in [1.29, 1.82) is 0 Å². The Morgan fingerprint density at radius 2 is 2.09 bits per heavy atom. The number of carbonyl (C=O) groups is 1. The van der Waals surface area contributed by atoms with Crippen LogP contribution in [-0.4, -0.2) is 30.5 Å². The number of aryl methyl sites for hydroxylation is 1. The Kier molecular flexibility index (Phi) is 4.20. The van der Waals surface area contributed by atoms with Crippen LogP contribution in [0.5, 0.6) is 0 Å². The van der Waals surface area contributed by atoms with E-state index in [4.69, 9.17) is 4.74 Å². The summed E-state index contributed by atoms with van der Waals surface area (Å²) in [6.45, 7) is 3.43. The van der Waals surface area contributed by atoms with Crippen molar-refractivity contribution < 1.29 is 22.7 Å². The molecule has 0 N–H and O–H groups in total. The highest BCUT2D eigenvalue weighted by atomic mass is 19.4. The average Bonchev–Trinajstić information content (AvgIpc) is 3.01. The molecule has 7 nitrogen and oxygen atoms in total. The summed E-state index contributed by atoms with van der Waals surface area (Å²) in [4.78, 5) is 15.8. The molecule has 0 bridgehead atoms. The monoisotopic (exact) mass is 317 g/mol. The fourth-order valence-electron chi connectivity index (χ4n) is 1.86.